The van der Waals surface area contributed by atoms with Gasteiger partial charge in [-0.05, 0) is 22.3 Å². The number of carbonyl (C=O) groups excluding carboxylic acids is 1. The molecule has 0 unspecified atom stereocenters. The van der Waals surface area contributed by atoms with E-state index in [4.69, 9.17) is 4.74 Å². The van der Waals surface area contributed by atoms with Crippen LogP contribution in [0.15, 0.2) is 48.5 Å². The number of thiol groups is 1. The van der Waals surface area contributed by atoms with Crippen molar-refractivity contribution in [3.05, 3.63) is 59.7 Å². The predicted octanol–water partition coefficient (Wildman–Crippen LogP) is 3.84. The minimum absolute atomic E-state index is 0.103. The highest BCUT2D eigenvalue weighted by Crippen LogP contribution is 2.44. The van der Waals surface area contributed by atoms with Crippen molar-refractivity contribution in [2.45, 2.75) is 18.1 Å². The zero-order valence-corrected chi connectivity index (χ0v) is 13.3. The first-order valence-electron chi connectivity index (χ1n) is 7.43. The number of fused-ring (bicyclic) bond motifs is 3. The Labute approximate surface area is 136 Å². The Morgan fingerprint density at radius 2 is 1.68 bits per heavy atom. The Hall–Kier alpha value is -1.94. The van der Waals surface area contributed by atoms with Crippen LogP contribution in [0.4, 0.5) is 4.79 Å². The molecular weight excluding hydrogens is 294 g/mol. The van der Waals surface area contributed by atoms with Crippen LogP contribution in [0.2, 0.25) is 0 Å². The van der Waals surface area contributed by atoms with Crippen molar-refractivity contribution in [1.29, 1.82) is 0 Å². The Kier molecular flexibility index (Phi) is 4.39. The topological polar surface area (TPSA) is 38.3 Å². The molecule has 1 atom stereocenters. The number of benzene rings is 2. The number of rotatable bonds is 4. The van der Waals surface area contributed by atoms with Gasteiger partial charge in [0.2, 0.25) is 0 Å². The highest BCUT2D eigenvalue weighted by atomic mass is 32.1. The van der Waals surface area contributed by atoms with Crippen LogP contribution >= 0.6 is 12.6 Å². The third-order valence-electron chi connectivity index (χ3n) is 3.89. The van der Waals surface area contributed by atoms with Gasteiger partial charge in [-0.25, -0.2) is 4.79 Å². The first-order chi connectivity index (χ1) is 10.7. The number of hydrogen-bond donors (Lipinski definition) is 2. The molecule has 0 heterocycles. The number of nitrogens with one attached hydrogen (secondary N) is 1. The van der Waals surface area contributed by atoms with Crippen LogP contribution in [-0.2, 0) is 4.74 Å². The van der Waals surface area contributed by atoms with Crippen LogP contribution in [-0.4, -0.2) is 24.5 Å². The van der Waals surface area contributed by atoms with E-state index in [1.54, 1.807) is 0 Å². The molecule has 1 amide bonds. The van der Waals surface area contributed by atoms with Crippen LogP contribution in [0.25, 0.3) is 11.1 Å². The van der Waals surface area contributed by atoms with E-state index in [-0.39, 0.29) is 17.3 Å². The summed E-state index contributed by atoms with van der Waals surface area (Å²) in [5.41, 5.74) is 4.91. The fourth-order valence-corrected chi connectivity index (χ4v) is 2.97. The highest BCUT2D eigenvalue weighted by Gasteiger charge is 2.28. The number of alkyl carbamates (subject to hydrolysis) is 1. The van der Waals surface area contributed by atoms with Crippen molar-refractivity contribution in [2.75, 3.05) is 13.2 Å². The van der Waals surface area contributed by atoms with Gasteiger partial charge in [-0.3, -0.25) is 0 Å². The maximum absolute atomic E-state index is 11.8. The molecule has 0 spiro atoms. The van der Waals surface area contributed by atoms with Gasteiger partial charge in [-0.2, -0.15) is 12.6 Å². The van der Waals surface area contributed by atoms with Crippen LogP contribution < -0.4 is 5.32 Å². The molecule has 0 fully saturated rings. The summed E-state index contributed by atoms with van der Waals surface area (Å²) in [7, 11) is 0. The molecule has 0 saturated heterocycles. The fraction of sp³-hybridized carbons (Fsp3) is 0.278. The molecule has 0 aliphatic heterocycles. The lowest BCUT2D eigenvalue weighted by Crippen LogP contribution is -2.30. The van der Waals surface area contributed by atoms with E-state index in [1.165, 1.54) is 22.3 Å². The smallest absolute Gasteiger partial charge is 0.407 e. The lowest BCUT2D eigenvalue weighted by molar-refractivity contribution is 0.143. The van der Waals surface area contributed by atoms with E-state index in [0.29, 0.717) is 13.2 Å². The first-order valence-corrected chi connectivity index (χ1v) is 7.95. The van der Waals surface area contributed by atoms with Crippen LogP contribution in [0.3, 0.4) is 0 Å². The molecule has 0 bridgehead atoms. The summed E-state index contributed by atoms with van der Waals surface area (Å²) in [4.78, 5) is 11.8. The van der Waals surface area contributed by atoms with Gasteiger partial charge in [-0.1, -0.05) is 55.5 Å². The Morgan fingerprint density at radius 1 is 1.14 bits per heavy atom. The number of ether oxygens (including phenoxy) is 1. The zero-order chi connectivity index (χ0) is 15.5. The zero-order valence-electron chi connectivity index (χ0n) is 12.5. The molecule has 0 aromatic heterocycles. The molecule has 4 heteroatoms. The average molecular weight is 313 g/mol. The van der Waals surface area contributed by atoms with E-state index < -0.39 is 0 Å². The minimum atomic E-state index is -0.386. The SMILES string of the molecule is C[C@H](S)CNC(=O)OCC1c2ccccc2-c2ccccc21. The van der Waals surface area contributed by atoms with Gasteiger partial charge < -0.3 is 10.1 Å². The van der Waals surface area contributed by atoms with Gasteiger partial charge in [0.15, 0.2) is 0 Å². The summed E-state index contributed by atoms with van der Waals surface area (Å²) in [6, 6.07) is 16.6. The standard InChI is InChI=1S/C18H19NO2S/c1-12(22)10-19-18(20)21-11-17-15-8-4-2-6-13(15)14-7-3-5-9-16(14)17/h2-9,12,17,22H,10-11H2,1H3,(H,19,20)/t12-/m0/s1. The van der Waals surface area contributed by atoms with E-state index in [0.717, 1.165) is 0 Å². The fourth-order valence-electron chi connectivity index (χ4n) is 2.88. The van der Waals surface area contributed by atoms with Crippen LogP contribution in [0, 0.1) is 0 Å². The normalized spacial score (nSPS) is 14.1. The summed E-state index contributed by atoms with van der Waals surface area (Å²) in [6.07, 6.45) is -0.386. The second-order valence-corrected chi connectivity index (χ2v) is 6.44. The molecule has 0 saturated carbocycles. The van der Waals surface area contributed by atoms with Crippen molar-refractivity contribution in [1.82, 2.24) is 5.32 Å². The number of hydrogen-bond acceptors (Lipinski definition) is 3. The second kappa shape index (κ2) is 6.44. The van der Waals surface area contributed by atoms with E-state index in [1.807, 2.05) is 31.2 Å². The summed E-state index contributed by atoms with van der Waals surface area (Å²) >= 11 is 4.23. The van der Waals surface area contributed by atoms with E-state index in [9.17, 15) is 4.79 Å². The van der Waals surface area contributed by atoms with Gasteiger partial charge in [0, 0.05) is 17.7 Å². The molecule has 1 aliphatic carbocycles. The summed E-state index contributed by atoms with van der Waals surface area (Å²) in [5.74, 6) is 0.103. The summed E-state index contributed by atoms with van der Waals surface area (Å²) in [5, 5.41) is 2.83. The van der Waals surface area contributed by atoms with E-state index >= 15 is 0 Å². The molecule has 0 radical (unpaired) electrons. The summed E-state index contributed by atoms with van der Waals surface area (Å²) in [6.45, 7) is 2.77. The van der Waals surface area contributed by atoms with Crippen LogP contribution in [0.1, 0.15) is 24.0 Å². The Morgan fingerprint density at radius 3 is 2.23 bits per heavy atom. The third-order valence-corrected chi connectivity index (χ3v) is 4.07. The lowest BCUT2D eigenvalue weighted by atomic mass is 9.98. The molecule has 22 heavy (non-hydrogen) atoms. The Balaban J connectivity index is 1.75. The lowest BCUT2D eigenvalue weighted by Gasteiger charge is -2.15. The molecule has 1 N–H and O–H groups in total. The van der Waals surface area contributed by atoms with Gasteiger partial charge in [0.1, 0.15) is 6.61 Å². The van der Waals surface area contributed by atoms with Crippen LogP contribution in [0.5, 0.6) is 0 Å². The Bertz CT molecular complexity index is 639. The second-order valence-electron chi connectivity index (χ2n) is 5.56. The van der Waals surface area contributed by atoms with Crippen molar-refractivity contribution in [2.24, 2.45) is 0 Å². The molecule has 3 nitrogen and oxygen atoms in total. The molecule has 2 aromatic carbocycles. The average Bonchev–Trinajstić information content (AvgIpc) is 2.85. The van der Waals surface area contributed by atoms with Gasteiger partial charge >= 0.3 is 6.09 Å². The predicted molar refractivity (Wildman–Crippen MR) is 91.5 cm³/mol. The number of carbonyl (C=O) groups is 1. The summed E-state index contributed by atoms with van der Waals surface area (Å²) < 4.78 is 5.41. The van der Waals surface area contributed by atoms with Crippen molar-refractivity contribution in [3.8, 4) is 11.1 Å². The molecule has 3 rings (SSSR count). The van der Waals surface area contributed by atoms with E-state index in [2.05, 4.69) is 42.2 Å². The molecule has 2 aromatic rings. The largest absolute Gasteiger partial charge is 0.449 e. The first kappa shape index (κ1) is 15.0. The van der Waals surface area contributed by atoms with Crippen molar-refractivity contribution in [3.63, 3.8) is 0 Å². The van der Waals surface area contributed by atoms with Crippen molar-refractivity contribution < 1.29 is 9.53 Å². The maximum Gasteiger partial charge on any atom is 0.407 e. The highest BCUT2D eigenvalue weighted by molar-refractivity contribution is 7.80. The van der Waals surface area contributed by atoms with Gasteiger partial charge in [0.25, 0.3) is 0 Å². The number of amides is 1. The molecular formula is C18H19NO2S. The third kappa shape index (κ3) is 2.97. The maximum atomic E-state index is 11.8. The van der Waals surface area contributed by atoms with Crippen molar-refractivity contribution >= 4 is 18.7 Å². The molecule has 1 aliphatic rings. The van der Waals surface area contributed by atoms with Gasteiger partial charge in [-0.15, -0.1) is 0 Å². The molecule has 114 valence electrons. The monoisotopic (exact) mass is 313 g/mol. The quantitative estimate of drug-likeness (QED) is 0.842. The minimum Gasteiger partial charge on any atom is -0.449 e. The van der Waals surface area contributed by atoms with Gasteiger partial charge in [0.05, 0.1) is 0 Å².